The number of rotatable bonds is 11. The molecular formula is C18H32O5. The lowest BCUT2D eigenvalue weighted by Gasteiger charge is -2.19. The number of carbonyl (C=O) groups is 3. The van der Waals surface area contributed by atoms with Gasteiger partial charge >= 0.3 is 11.9 Å². The Morgan fingerprint density at radius 3 is 2.00 bits per heavy atom. The maximum Gasteiger partial charge on any atom is 0.308 e. The van der Waals surface area contributed by atoms with Crippen molar-refractivity contribution in [3.05, 3.63) is 0 Å². The summed E-state index contributed by atoms with van der Waals surface area (Å²) >= 11 is 0. The number of methoxy groups -OCH3 is 1. The van der Waals surface area contributed by atoms with Gasteiger partial charge in [-0.1, -0.05) is 19.8 Å². The molecule has 1 atom stereocenters. The predicted octanol–water partition coefficient (Wildman–Crippen LogP) is 3.83. The molecule has 134 valence electrons. The molecule has 0 aliphatic carbocycles. The molecule has 0 rings (SSSR count). The highest BCUT2D eigenvalue weighted by Gasteiger charge is 2.16. The summed E-state index contributed by atoms with van der Waals surface area (Å²) in [6, 6.07) is 0. The second-order valence-electron chi connectivity index (χ2n) is 7.00. The summed E-state index contributed by atoms with van der Waals surface area (Å²) in [5, 5.41) is 0. The number of ketones is 1. The van der Waals surface area contributed by atoms with Gasteiger partial charge in [0.05, 0.1) is 13.0 Å². The first-order valence-corrected chi connectivity index (χ1v) is 8.47. The lowest BCUT2D eigenvalue weighted by atomic mass is 10.0. The third-order valence-electron chi connectivity index (χ3n) is 3.47. The molecule has 0 saturated heterocycles. The molecule has 0 fully saturated rings. The van der Waals surface area contributed by atoms with Gasteiger partial charge in [-0.2, -0.15) is 0 Å². The van der Waals surface area contributed by atoms with E-state index in [0.717, 1.165) is 25.7 Å². The first kappa shape index (κ1) is 21.6. The zero-order chi connectivity index (χ0) is 17.9. The first-order valence-electron chi connectivity index (χ1n) is 8.47. The Kier molecular flexibility index (Phi) is 10.5. The molecule has 23 heavy (non-hydrogen) atoms. The lowest BCUT2D eigenvalue weighted by Crippen LogP contribution is -2.23. The number of esters is 2. The summed E-state index contributed by atoms with van der Waals surface area (Å²) < 4.78 is 9.87. The Labute approximate surface area is 140 Å². The van der Waals surface area contributed by atoms with E-state index in [1.807, 2.05) is 20.8 Å². The molecule has 0 aromatic heterocycles. The predicted molar refractivity (Wildman–Crippen MR) is 89.0 cm³/mol. The van der Waals surface area contributed by atoms with Gasteiger partial charge in [-0.05, 0) is 40.0 Å². The minimum absolute atomic E-state index is 0.162. The van der Waals surface area contributed by atoms with Crippen molar-refractivity contribution in [2.45, 2.75) is 84.7 Å². The van der Waals surface area contributed by atoms with Crippen molar-refractivity contribution in [3.8, 4) is 0 Å². The Balaban J connectivity index is 3.59. The molecule has 0 spiro atoms. The van der Waals surface area contributed by atoms with Gasteiger partial charge in [-0.25, -0.2) is 0 Å². The van der Waals surface area contributed by atoms with Crippen molar-refractivity contribution in [2.24, 2.45) is 5.92 Å². The summed E-state index contributed by atoms with van der Waals surface area (Å²) in [6.45, 7) is 7.35. The van der Waals surface area contributed by atoms with Crippen molar-refractivity contribution in [1.29, 1.82) is 0 Å². The molecule has 0 unspecified atom stereocenters. The summed E-state index contributed by atoms with van der Waals surface area (Å²) in [7, 11) is 1.36. The maximum absolute atomic E-state index is 11.7. The van der Waals surface area contributed by atoms with Gasteiger partial charge in [0, 0.05) is 19.3 Å². The number of hydrogen-bond acceptors (Lipinski definition) is 5. The molecule has 0 N–H and O–H groups in total. The van der Waals surface area contributed by atoms with E-state index in [2.05, 4.69) is 4.74 Å². The minimum Gasteiger partial charge on any atom is -0.469 e. The van der Waals surface area contributed by atoms with Crippen molar-refractivity contribution >= 4 is 17.7 Å². The molecule has 0 saturated carbocycles. The van der Waals surface area contributed by atoms with E-state index in [0.29, 0.717) is 25.7 Å². The molecule has 0 radical (unpaired) electrons. The molecule has 0 aliphatic rings. The zero-order valence-corrected chi connectivity index (χ0v) is 15.3. The fraction of sp³-hybridized carbons (Fsp3) is 0.833. The topological polar surface area (TPSA) is 69.7 Å². The van der Waals surface area contributed by atoms with E-state index in [1.54, 1.807) is 6.92 Å². The average Bonchev–Trinajstić information content (AvgIpc) is 2.45. The fourth-order valence-corrected chi connectivity index (χ4v) is 2.16. The third kappa shape index (κ3) is 12.8. The standard InChI is InChI=1S/C18H32O5/c1-14(17(21)22-5)12-13-15(19)10-8-6-7-9-11-16(20)23-18(2,3)4/h14H,6-13H2,1-5H3/t14-/m0/s1. The molecule has 5 nitrogen and oxygen atoms in total. The number of hydrogen-bond donors (Lipinski definition) is 0. The monoisotopic (exact) mass is 328 g/mol. The Bertz CT molecular complexity index is 381. The smallest absolute Gasteiger partial charge is 0.308 e. The van der Waals surface area contributed by atoms with Gasteiger partial charge in [-0.3, -0.25) is 14.4 Å². The van der Waals surface area contributed by atoms with Crippen LogP contribution in [-0.2, 0) is 23.9 Å². The van der Waals surface area contributed by atoms with Crippen molar-refractivity contribution in [2.75, 3.05) is 7.11 Å². The van der Waals surface area contributed by atoms with E-state index < -0.39 is 5.60 Å². The fourth-order valence-electron chi connectivity index (χ4n) is 2.16. The van der Waals surface area contributed by atoms with Crippen LogP contribution in [0, 0.1) is 5.92 Å². The lowest BCUT2D eigenvalue weighted by molar-refractivity contribution is -0.155. The van der Waals surface area contributed by atoms with Gasteiger partial charge in [0.15, 0.2) is 0 Å². The van der Waals surface area contributed by atoms with E-state index in [9.17, 15) is 14.4 Å². The quantitative estimate of drug-likeness (QED) is 0.426. The summed E-state index contributed by atoms with van der Waals surface area (Å²) in [6.07, 6.45) is 5.43. The van der Waals surface area contributed by atoms with Crippen molar-refractivity contribution < 1.29 is 23.9 Å². The van der Waals surface area contributed by atoms with Gasteiger partial charge in [-0.15, -0.1) is 0 Å². The molecule has 0 amide bonds. The molecule has 0 aromatic carbocycles. The van der Waals surface area contributed by atoms with Crippen LogP contribution < -0.4 is 0 Å². The van der Waals surface area contributed by atoms with Crippen LogP contribution in [0.5, 0.6) is 0 Å². The molecule has 0 bridgehead atoms. The van der Waals surface area contributed by atoms with Crippen LogP contribution in [0.25, 0.3) is 0 Å². The van der Waals surface area contributed by atoms with Gasteiger partial charge in [0.1, 0.15) is 11.4 Å². The van der Waals surface area contributed by atoms with Crippen molar-refractivity contribution in [3.63, 3.8) is 0 Å². The molecular weight excluding hydrogens is 296 g/mol. The SMILES string of the molecule is COC(=O)[C@@H](C)CCC(=O)CCCCCCC(=O)OC(C)(C)C. The molecule has 5 heteroatoms. The van der Waals surface area contributed by atoms with Crippen LogP contribution in [0.1, 0.15) is 79.1 Å². The normalized spacial score (nSPS) is 12.6. The van der Waals surface area contributed by atoms with E-state index >= 15 is 0 Å². The molecule has 0 heterocycles. The van der Waals surface area contributed by atoms with Gasteiger partial charge in [0.25, 0.3) is 0 Å². The van der Waals surface area contributed by atoms with Crippen LogP contribution in [0.4, 0.5) is 0 Å². The Hall–Kier alpha value is -1.39. The highest BCUT2D eigenvalue weighted by Crippen LogP contribution is 2.13. The summed E-state index contributed by atoms with van der Waals surface area (Å²) in [4.78, 5) is 34.5. The van der Waals surface area contributed by atoms with E-state index in [1.165, 1.54) is 7.11 Å². The highest BCUT2D eigenvalue weighted by molar-refractivity contribution is 5.79. The van der Waals surface area contributed by atoms with Gasteiger partial charge in [0.2, 0.25) is 0 Å². The van der Waals surface area contributed by atoms with Crippen LogP contribution >= 0.6 is 0 Å². The van der Waals surface area contributed by atoms with E-state index in [-0.39, 0.29) is 23.6 Å². The zero-order valence-electron chi connectivity index (χ0n) is 15.3. The number of unbranched alkanes of at least 4 members (excludes halogenated alkanes) is 3. The summed E-state index contributed by atoms with van der Waals surface area (Å²) in [5.74, 6) is -0.462. The second kappa shape index (κ2) is 11.2. The van der Waals surface area contributed by atoms with Crippen LogP contribution in [-0.4, -0.2) is 30.4 Å². The number of ether oxygens (including phenoxy) is 2. The first-order chi connectivity index (χ1) is 10.7. The highest BCUT2D eigenvalue weighted by atomic mass is 16.6. The van der Waals surface area contributed by atoms with E-state index in [4.69, 9.17) is 4.74 Å². The minimum atomic E-state index is -0.426. The maximum atomic E-state index is 11.7. The summed E-state index contributed by atoms with van der Waals surface area (Å²) in [5.41, 5.74) is -0.426. The van der Waals surface area contributed by atoms with Crippen LogP contribution in [0.15, 0.2) is 0 Å². The largest absolute Gasteiger partial charge is 0.469 e. The van der Waals surface area contributed by atoms with Crippen LogP contribution in [0.3, 0.4) is 0 Å². The average molecular weight is 328 g/mol. The number of carbonyl (C=O) groups excluding carboxylic acids is 3. The van der Waals surface area contributed by atoms with Crippen LogP contribution in [0.2, 0.25) is 0 Å². The van der Waals surface area contributed by atoms with Gasteiger partial charge < -0.3 is 9.47 Å². The number of Topliss-reactive ketones (excluding diaryl/α,β-unsaturated/α-hetero) is 1. The second-order valence-corrected chi connectivity index (χ2v) is 7.00. The molecule has 0 aromatic rings. The third-order valence-corrected chi connectivity index (χ3v) is 3.47. The molecule has 0 aliphatic heterocycles. The van der Waals surface area contributed by atoms with Crippen molar-refractivity contribution in [1.82, 2.24) is 0 Å². The Morgan fingerprint density at radius 2 is 1.48 bits per heavy atom. The Morgan fingerprint density at radius 1 is 0.913 bits per heavy atom.